The van der Waals surface area contributed by atoms with Crippen molar-refractivity contribution in [2.45, 2.75) is 19.4 Å². The first-order chi connectivity index (χ1) is 10.0. The van der Waals surface area contributed by atoms with Gasteiger partial charge < -0.3 is 20.1 Å². The minimum atomic E-state index is -1.05. The first-order valence-electron chi connectivity index (χ1n) is 6.90. The molecule has 0 saturated carbocycles. The van der Waals surface area contributed by atoms with Crippen molar-refractivity contribution in [1.82, 2.24) is 10.2 Å². The lowest BCUT2D eigenvalue weighted by molar-refractivity contribution is -0.139. The molecule has 0 aliphatic carbocycles. The van der Waals surface area contributed by atoms with Gasteiger partial charge in [0.2, 0.25) is 0 Å². The molecule has 1 atom stereocenters. The van der Waals surface area contributed by atoms with E-state index in [9.17, 15) is 14.7 Å². The third-order valence-electron chi connectivity index (χ3n) is 3.00. The lowest BCUT2D eigenvalue weighted by Crippen LogP contribution is -2.48. The molecule has 0 spiro atoms. The maximum atomic E-state index is 11.9. The number of likely N-dealkylation sites (N-methyl/N-ethyl adjacent to an activating group) is 1. The summed E-state index contributed by atoms with van der Waals surface area (Å²) in [5, 5.41) is 11.7. The Kier molecular flexibility index (Phi) is 7.25. The third-order valence-corrected chi connectivity index (χ3v) is 3.00. The molecule has 0 aromatic heterocycles. The van der Waals surface area contributed by atoms with Gasteiger partial charge in [0, 0.05) is 26.6 Å². The van der Waals surface area contributed by atoms with E-state index in [0.29, 0.717) is 19.8 Å². The summed E-state index contributed by atoms with van der Waals surface area (Å²) in [6.45, 7) is 3.30. The zero-order valence-corrected chi connectivity index (χ0v) is 12.4. The second-order valence-corrected chi connectivity index (χ2v) is 4.65. The molecule has 2 N–H and O–H groups in total. The fourth-order valence-corrected chi connectivity index (χ4v) is 1.76. The van der Waals surface area contributed by atoms with Crippen LogP contribution in [0, 0.1) is 0 Å². The number of benzene rings is 1. The van der Waals surface area contributed by atoms with Gasteiger partial charge in [0.15, 0.2) is 0 Å². The monoisotopic (exact) mass is 294 g/mol. The summed E-state index contributed by atoms with van der Waals surface area (Å²) in [6.07, 6.45) is 0.251. The van der Waals surface area contributed by atoms with Crippen LogP contribution in [0.2, 0.25) is 0 Å². The van der Waals surface area contributed by atoms with E-state index in [0.717, 1.165) is 5.56 Å². The van der Waals surface area contributed by atoms with Crippen molar-refractivity contribution in [2.75, 3.05) is 26.8 Å². The van der Waals surface area contributed by atoms with Crippen molar-refractivity contribution in [1.29, 1.82) is 0 Å². The van der Waals surface area contributed by atoms with E-state index < -0.39 is 18.0 Å². The molecule has 0 radical (unpaired) electrons. The number of nitrogens with zero attached hydrogens (tertiary/aromatic N) is 1. The average Bonchev–Trinajstić information content (AvgIpc) is 2.47. The van der Waals surface area contributed by atoms with Crippen LogP contribution < -0.4 is 5.32 Å². The number of hydrogen-bond donors (Lipinski definition) is 2. The maximum Gasteiger partial charge on any atom is 0.326 e. The van der Waals surface area contributed by atoms with E-state index in [2.05, 4.69) is 5.32 Å². The highest BCUT2D eigenvalue weighted by molar-refractivity contribution is 5.82. The standard InChI is InChI=1S/C15H22N2O4/c1-3-21-10-9-17(2)15(20)16-13(14(18)19)11-12-7-5-4-6-8-12/h4-8,13H,3,9-11H2,1-2H3,(H,16,20)(H,18,19)/t13-/m1/s1. The summed E-state index contributed by atoms with van der Waals surface area (Å²) in [5.74, 6) is -1.05. The van der Waals surface area contributed by atoms with E-state index in [1.165, 1.54) is 4.90 Å². The van der Waals surface area contributed by atoms with Gasteiger partial charge in [0.25, 0.3) is 0 Å². The van der Waals surface area contributed by atoms with Crippen LogP contribution in [0.15, 0.2) is 30.3 Å². The second-order valence-electron chi connectivity index (χ2n) is 4.65. The van der Waals surface area contributed by atoms with Gasteiger partial charge in [-0.05, 0) is 12.5 Å². The molecule has 0 aliphatic heterocycles. The Hall–Kier alpha value is -2.08. The zero-order valence-electron chi connectivity index (χ0n) is 12.4. The fraction of sp³-hybridized carbons (Fsp3) is 0.467. The molecule has 0 unspecified atom stereocenters. The SMILES string of the molecule is CCOCCN(C)C(=O)N[C@H](Cc1ccccc1)C(=O)O. The molecule has 6 heteroatoms. The van der Waals surface area contributed by atoms with Crippen molar-refractivity contribution in [3.8, 4) is 0 Å². The minimum Gasteiger partial charge on any atom is -0.480 e. The summed E-state index contributed by atoms with van der Waals surface area (Å²) in [4.78, 5) is 24.6. The van der Waals surface area contributed by atoms with Crippen molar-refractivity contribution < 1.29 is 19.4 Å². The number of urea groups is 1. The summed E-state index contributed by atoms with van der Waals surface area (Å²) in [5.41, 5.74) is 0.863. The van der Waals surface area contributed by atoms with E-state index in [-0.39, 0.29) is 6.42 Å². The maximum absolute atomic E-state index is 11.9. The molecule has 0 saturated heterocycles. The van der Waals surface area contributed by atoms with Gasteiger partial charge in [0.1, 0.15) is 6.04 Å². The Balaban J connectivity index is 2.54. The number of nitrogens with one attached hydrogen (secondary N) is 1. The number of ether oxygens (including phenoxy) is 1. The van der Waals surface area contributed by atoms with Crippen LogP contribution in [0.1, 0.15) is 12.5 Å². The molecule has 0 fully saturated rings. The molecule has 2 amide bonds. The van der Waals surface area contributed by atoms with Gasteiger partial charge >= 0.3 is 12.0 Å². The number of rotatable bonds is 8. The lowest BCUT2D eigenvalue weighted by Gasteiger charge is -2.21. The van der Waals surface area contributed by atoms with Crippen LogP contribution in [0.5, 0.6) is 0 Å². The summed E-state index contributed by atoms with van der Waals surface area (Å²) >= 11 is 0. The minimum absolute atomic E-state index is 0.251. The number of amides is 2. The van der Waals surface area contributed by atoms with E-state index in [1.54, 1.807) is 7.05 Å². The summed E-state index contributed by atoms with van der Waals surface area (Å²) in [6, 6.07) is 7.84. The van der Waals surface area contributed by atoms with E-state index >= 15 is 0 Å². The molecule has 6 nitrogen and oxygen atoms in total. The Bertz CT molecular complexity index is 450. The van der Waals surface area contributed by atoms with Gasteiger partial charge in [-0.15, -0.1) is 0 Å². The quantitative estimate of drug-likeness (QED) is 0.710. The van der Waals surface area contributed by atoms with Crippen LogP contribution in [0.4, 0.5) is 4.79 Å². The van der Waals surface area contributed by atoms with Crippen molar-refractivity contribution in [3.63, 3.8) is 0 Å². The Morgan fingerprint density at radius 1 is 1.33 bits per heavy atom. The largest absolute Gasteiger partial charge is 0.480 e. The van der Waals surface area contributed by atoms with E-state index in [4.69, 9.17) is 4.74 Å². The predicted octanol–water partition coefficient (Wildman–Crippen LogP) is 1.36. The molecule has 1 aromatic carbocycles. The van der Waals surface area contributed by atoms with Crippen molar-refractivity contribution >= 4 is 12.0 Å². The molecular formula is C15H22N2O4. The smallest absolute Gasteiger partial charge is 0.326 e. The van der Waals surface area contributed by atoms with Gasteiger partial charge in [-0.1, -0.05) is 30.3 Å². The first-order valence-corrected chi connectivity index (χ1v) is 6.90. The Morgan fingerprint density at radius 3 is 2.57 bits per heavy atom. The average molecular weight is 294 g/mol. The molecule has 116 valence electrons. The molecule has 1 rings (SSSR count). The van der Waals surface area contributed by atoms with Crippen LogP contribution in [-0.2, 0) is 16.0 Å². The van der Waals surface area contributed by atoms with Gasteiger partial charge in [0.05, 0.1) is 6.61 Å². The van der Waals surface area contributed by atoms with Crippen molar-refractivity contribution in [2.24, 2.45) is 0 Å². The topological polar surface area (TPSA) is 78.9 Å². The highest BCUT2D eigenvalue weighted by Crippen LogP contribution is 2.04. The molecule has 0 heterocycles. The molecule has 21 heavy (non-hydrogen) atoms. The van der Waals surface area contributed by atoms with Crippen LogP contribution in [0.25, 0.3) is 0 Å². The number of carboxylic acids is 1. The number of carbonyl (C=O) groups excluding carboxylic acids is 1. The Morgan fingerprint density at radius 2 is 2.00 bits per heavy atom. The summed E-state index contributed by atoms with van der Waals surface area (Å²) < 4.78 is 5.16. The fourth-order valence-electron chi connectivity index (χ4n) is 1.76. The number of aliphatic carboxylic acids is 1. The highest BCUT2D eigenvalue weighted by Gasteiger charge is 2.21. The van der Waals surface area contributed by atoms with Gasteiger partial charge in [-0.3, -0.25) is 0 Å². The summed E-state index contributed by atoms with van der Waals surface area (Å²) in [7, 11) is 1.61. The Labute approximate surface area is 124 Å². The number of carbonyl (C=O) groups is 2. The zero-order chi connectivity index (χ0) is 15.7. The van der Waals surface area contributed by atoms with Gasteiger partial charge in [-0.2, -0.15) is 0 Å². The lowest BCUT2D eigenvalue weighted by atomic mass is 10.1. The molecule has 1 aromatic rings. The van der Waals surface area contributed by atoms with E-state index in [1.807, 2.05) is 37.3 Å². The molecule has 0 bridgehead atoms. The second kappa shape index (κ2) is 8.97. The molecule has 0 aliphatic rings. The molecular weight excluding hydrogens is 272 g/mol. The van der Waals surface area contributed by atoms with Crippen LogP contribution in [-0.4, -0.2) is 54.9 Å². The van der Waals surface area contributed by atoms with Crippen LogP contribution in [0.3, 0.4) is 0 Å². The predicted molar refractivity (Wildman–Crippen MR) is 79.2 cm³/mol. The number of hydrogen-bond acceptors (Lipinski definition) is 3. The highest BCUT2D eigenvalue weighted by atomic mass is 16.5. The first kappa shape index (κ1) is 17.0. The normalized spacial score (nSPS) is 11.7. The number of carboxylic acid groups (broad SMARTS) is 1. The van der Waals surface area contributed by atoms with Crippen LogP contribution >= 0.6 is 0 Å². The van der Waals surface area contributed by atoms with Crippen molar-refractivity contribution in [3.05, 3.63) is 35.9 Å². The van der Waals surface area contributed by atoms with Gasteiger partial charge in [-0.25, -0.2) is 9.59 Å². The third kappa shape index (κ3) is 6.27.